The van der Waals surface area contributed by atoms with Crippen LogP contribution < -0.4 is 5.32 Å². The van der Waals surface area contributed by atoms with E-state index in [9.17, 15) is 9.59 Å². The number of nitrogens with one attached hydrogen (secondary N) is 1. The molecule has 1 aromatic heterocycles. The van der Waals surface area contributed by atoms with Gasteiger partial charge in [0.15, 0.2) is 0 Å². The van der Waals surface area contributed by atoms with Crippen molar-refractivity contribution in [1.82, 2.24) is 19.7 Å². The second kappa shape index (κ2) is 5.86. The summed E-state index contributed by atoms with van der Waals surface area (Å²) in [6.45, 7) is 0.606. The Bertz CT molecular complexity index is 948. The van der Waals surface area contributed by atoms with Crippen LogP contribution >= 0.6 is 0 Å². The van der Waals surface area contributed by atoms with Gasteiger partial charge in [0.05, 0.1) is 16.8 Å². The van der Waals surface area contributed by atoms with E-state index in [2.05, 4.69) is 15.4 Å². The fraction of sp³-hybridized carbons (Fsp3) is 0.111. The zero-order chi connectivity index (χ0) is 17.4. The maximum Gasteiger partial charge on any atom is 0.261 e. The lowest BCUT2D eigenvalue weighted by Gasteiger charge is -2.08. The molecule has 0 unspecified atom stereocenters. The monoisotopic (exact) mass is 333 g/mol. The maximum atomic E-state index is 12.0. The van der Waals surface area contributed by atoms with Crippen LogP contribution in [0.2, 0.25) is 0 Å². The summed E-state index contributed by atoms with van der Waals surface area (Å²) in [4.78, 5) is 29.0. The van der Waals surface area contributed by atoms with Crippen molar-refractivity contribution >= 4 is 17.5 Å². The largest absolute Gasteiger partial charge is 0.381 e. The number of benzene rings is 2. The average Bonchev–Trinajstić information content (AvgIpc) is 3.25. The Kier molecular flexibility index (Phi) is 3.53. The van der Waals surface area contributed by atoms with Gasteiger partial charge in [0, 0.05) is 19.3 Å². The summed E-state index contributed by atoms with van der Waals surface area (Å²) in [7, 11) is 1.49. The number of amides is 2. The lowest BCUT2D eigenvalue weighted by Crippen LogP contribution is -2.24. The Hall–Kier alpha value is -3.48. The second-order valence-corrected chi connectivity index (χ2v) is 5.79. The first-order valence-corrected chi connectivity index (χ1v) is 7.78. The molecule has 7 heteroatoms. The zero-order valence-electron chi connectivity index (χ0n) is 13.5. The van der Waals surface area contributed by atoms with Gasteiger partial charge in [-0.2, -0.15) is 5.10 Å². The first-order valence-electron chi connectivity index (χ1n) is 7.78. The maximum absolute atomic E-state index is 12.0. The van der Waals surface area contributed by atoms with Crippen molar-refractivity contribution in [1.29, 1.82) is 0 Å². The van der Waals surface area contributed by atoms with E-state index in [1.54, 1.807) is 23.1 Å². The van der Waals surface area contributed by atoms with Gasteiger partial charge in [-0.15, -0.1) is 0 Å². The Morgan fingerprint density at radius 1 is 1.00 bits per heavy atom. The molecular formula is C18H15N5O2. The summed E-state index contributed by atoms with van der Waals surface area (Å²) in [6.07, 6.45) is 3.14. The highest BCUT2D eigenvalue weighted by atomic mass is 16.2. The minimum absolute atomic E-state index is 0.254. The standard InChI is InChI=1S/C18H15N5O2/c1-22-17(24)15-7-4-13(8-16(15)18(22)25)20-9-12-2-5-14(6-3-12)23-11-19-10-21-23/h2-8,10-11,20H,9H2,1H3. The van der Waals surface area contributed by atoms with Crippen molar-refractivity contribution in [3.63, 3.8) is 0 Å². The first kappa shape index (κ1) is 15.1. The van der Waals surface area contributed by atoms with Crippen LogP contribution in [0.25, 0.3) is 5.69 Å². The normalized spacial score (nSPS) is 13.2. The fourth-order valence-electron chi connectivity index (χ4n) is 2.78. The van der Waals surface area contributed by atoms with E-state index in [4.69, 9.17) is 0 Å². The lowest BCUT2D eigenvalue weighted by molar-refractivity contribution is 0.0693. The van der Waals surface area contributed by atoms with Crippen molar-refractivity contribution in [2.24, 2.45) is 0 Å². The van der Waals surface area contributed by atoms with Crippen LogP contribution in [0.4, 0.5) is 5.69 Å². The molecule has 3 aromatic rings. The molecule has 7 nitrogen and oxygen atoms in total. The summed E-state index contributed by atoms with van der Waals surface area (Å²) in [5.41, 5.74) is 3.72. The molecule has 124 valence electrons. The second-order valence-electron chi connectivity index (χ2n) is 5.79. The summed E-state index contributed by atoms with van der Waals surface area (Å²) >= 11 is 0. The van der Waals surface area contributed by atoms with Crippen LogP contribution in [0, 0.1) is 0 Å². The molecule has 2 heterocycles. The molecule has 0 bridgehead atoms. The van der Waals surface area contributed by atoms with Gasteiger partial charge in [-0.25, -0.2) is 9.67 Å². The Morgan fingerprint density at radius 2 is 1.76 bits per heavy atom. The van der Waals surface area contributed by atoms with Crippen molar-refractivity contribution in [2.45, 2.75) is 6.54 Å². The third-order valence-corrected chi connectivity index (χ3v) is 4.21. The fourth-order valence-corrected chi connectivity index (χ4v) is 2.78. The number of aromatic nitrogens is 3. The molecule has 0 aliphatic carbocycles. The minimum Gasteiger partial charge on any atom is -0.381 e. The molecule has 1 N–H and O–H groups in total. The number of rotatable bonds is 4. The smallest absolute Gasteiger partial charge is 0.261 e. The van der Waals surface area contributed by atoms with E-state index in [0.29, 0.717) is 17.7 Å². The van der Waals surface area contributed by atoms with E-state index in [0.717, 1.165) is 21.8 Å². The van der Waals surface area contributed by atoms with E-state index in [1.165, 1.54) is 13.4 Å². The van der Waals surface area contributed by atoms with E-state index in [-0.39, 0.29) is 11.8 Å². The van der Waals surface area contributed by atoms with Crippen LogP contribution in [-0.4, -0.2) is 38.5 Å². The van der Waals surface area contributed by atoms with Gasteiger partial charge >= 0.3 is 0 Å². The zero-order valence-corrected chi connectivity index (χ0v) is 13.5. The van der Waals surface area contributed by atoms with Gasteiger partial charge < -0.3 is 5.32 Å². The number of hydrogen-bond acceptors (Lipinski definition) is 5. The molecule has 2 aromatic carbocycles. The van der Waals surface area contributed by atoms with E-state index < -0.39 is 0 Å². The Labute approximate surface area is 143 Å². The number of fused-ring (bicyclic) bond motifs is 1. The quantitative estimate of drug-likeness (QED) is 0.740. The van der Waals surface area contributed by atoms with E-state index in [1.807, 2.05) is 30.3 Å². The number of carbonyl (C=O) groups excluding carboxylic acids is 2. The summed E-state index contributed by atoms with van der Waals surface area (Å²) in [6, 6.07) is 13.2. The molecule has 2 amide bonds. The summed E-state index contributed by atoms with van der Waals surface area (Å²) in [5.74, 6) is -0.518. The first-order chi connectivity index (χ1) is 12.1. The van der Waals surface area contributed by atoms with Crippen molar-refractivity contribution in [3.05, 3.63) is 71.8 Å². The number of anilines is 1. The van der Waals surface area contributed by atoms with Crippen molar-refractivity contribution < 1.29 is 9.59 Å². The molecule has 0 saturated heterocycles. The van der Waals surface area contributed by atoms with Gasteiger partial charge in [-0.1, -0.05) is 12.1 Å². The number of carbonyl (C=O) groups is 2. The third kappa shape index (κ3) is 2.65. The van der Waals surface area contributed by atoms with Crippen molar-refractivity contribution in [2.75, 3.05) is 12.4 Å². The van der Waals surface area contributed by atoms with Crippen LogP contribution in [-0.2, 0) is 6.54 Å². The molecule has 25 heavy (non-hydrogen) atoms. The molecule has 4 rings (SSSR count). The van der Waals surface area contributed by atoms with Crippen LogP contribution in [0.3, 0.4) is 0 Å². The molecule has 0 radical (unpaired) electrons. The Balaban J connectivity index is 1.47. The number of imide groups is 1. The molecule has 0 spiro atoms. The van der Waals surface area contributed by atoms with Gasteiger partial charge in [-0.3, -0.25) is 14.5 Å². The molecule has 0 atom stereocenters. The van der Waals surface area contributed by atoms with Gasteiger partial charge in [-0.05, 0) is 35.9 Å². The Morgan fingerprint density at radius 3 is 2.48 bits per heavy atom. The van der Waals surface area contributed by atoms with Gasteiger partial charge in [0.25, 0.3) is 11.8 Å². The minimum atomic E-state index is -0.263. The van der Waals surface area contributed by atoms with E-state index >= 15 is 0 Å². The third-order valence-electron chi connectivity index (χ3n) is 4.21. The van der Waals surface area contributed by atoms with Crippen molar-refractivity contribution in [3.8, 4) is 5.69 Å². The number of hydrogen-bond donors (Lipinski definition) is 1. The average molecular weight is 333 g/mol. The van der Waals surface area contributed by atoms with Gasteiger partial charge in [0.1, 0.15) is 12.7 Å². The highest BCUT2D eigenvalue weighted by molar-refractivity contribution is 6.21. The molecular weight excluding hydrogens is 318 g/mol. The lowest BCUT2D eigenvalue weighted by atomic mass is 10.1. The summed E-state index contributed by atoms with van der Waals surface area (Å²) < 4.78 is 1.69. The van der Waals surface area contributed by atoms with Crippen LogP contribution in [0.5, 0.6) is 0 Å². The topological polar surface area (TPSA) is 80.1 Å². The predicted molar refractivity (Wildman–Crippen MR) is 91.6 cm³/mol. The van der Waals surface area contributed by atoms with Crippen LogP contribution in [0.15, 0.2) is 55.1 Å². The number of nitrogens with zero attached hydrogens (tertiary/aromatic N) is 4. The SMILES string of the molecule is CN1C(=O)c2ccc(NCc3ccc(-n4cncn4)cc3)cc2C1=O. The van der Waals surface area contributed by atoms with Gasteiger partial charge in [0.2, 0.25) is 0 Å². The summed E-state index contributed by atoms with van der Waals surface area (Å²) in [5, 5.41) is 7.37. The molecule has 1 aliphatic heterocycles. The molecule has 0 fully saturated rings. The molecule has 0 saturated carbocycles. The predicted octanol–water partition coefficient (Wildman–Crippen LogP) is 2.11. The molecule has 1 aliphatic rings. The highest BCUT2D eigenvalue weighted by Gasteiger charge is 2.32. The highest BCUT2D eigenvalue weighted by Crippen LogP contribution is 2.25. The van der Waals surface area contributed by atoms with Crippen LogP contribution in [0.1, 0.15) is 26.3 Å².